The molecule has 1 heterocycles. The van der Waals surface area contributed by atoms with Gasteiger partial charge in [0.2, 0.25) is 0 Å². The Bertz CT molecular complexity index is 425. The summed E-state index contributed by atoms with van der Waals surface area (Å²) in [5.74, 6) is 0.787. The van der Waals surface area contributed by atoms with Gasteiger partial charge in [-0.15, -0.1) is 0 Å². The van der Waals surface area contributed by atoms with E-state index in [1.165, 1.54) is 0 Å². The Labute approximate surface area is 93.7 Å². The van der Waals surface area contributed by atoms with Gasteiger partial charge in [-0.1, -0.05) is 29.8 Å². The fourth-order valence-corrected chi connectivity index (χ4v) is 1.72. The van der Waals surface area contributed by atoms with Crippen molar-refractivity contribution in [1.82, 2.24) is 0 Å². The zero-order valence-corrected chi connectivity index (χ0v) is 8.95. The highest BCUT2D eigenvalue weighted by Crippen LogP contribution is 2.21. The summed E-state index contributed by atoms with van der Waals surface area (Å²) in [5.41, 5.74) is 7.03. The number of hydrogen-bond acceptors (Lipinski definition) is 2. The molecule has 1 unspecified atom stereocenters. The maximum Gasteiger partial charge on any atom is 0.120 e. The number of rotatable bonds is 3. The van der Waals surface area contributed by atoms with E-state index < -0.39 is 0 Å². The molecule has 0 aliphatic heterocycles. The third kappa shape index (κ3) is 2.41. The Morgan fingerprint density at radius 2 is 2.00 bits per heavy atom. The molecule has 2 nitrogen and oxygen atoms in total. The maximum absolute atomic E-state index is 6.04. The molecule has 2 rings (SSSR count). The molecule has 0 bridgehead atoms. The summed E-state index contributed by atoms with van der Waals surface area (Å²) in [6, 6.07) is 11.3. The fraction of sp³-hybridized carbons (Fsp3) is 0.167. The van der Waals surface area contributed by atoms with Gasteiger partial charge >= 0.3 is 0 Å². The number of furan rings is 1. The van der Waals surface area contributed by atoms with Gasteiger partial charge in [0, 0.05) is 5.02 Å². The third-order valence-electron chi connectivity index (χ3n) is 2.31. The van der Waals surface area contributed by atoms with Gasteiger partial charge in [-0.25, -0.2) is 0 Å². The molecule has 0 aliphatic carbocycles. The predicted molar refractivity (Wildman–Crippen MR) is 60.8 cm³/mol. The second-order valence-corrected chi connectivity index (χ2v) is 3.82. The van der Waals surface area contributed by atoms with Crippen molar-refractivity contribution in [3.63, 3.8) is 0 Å². The molecule has 1 aromatic heterocycles. The van der Waals surface area contributed by atoms with Crippen LogP contribution in [0.4, 0.5) is 0 Å². The Kier molecular flexibility index (Phi) is 3.09. The van der Waals surface area contributed by atoms with Crippen molar-refractivity contribution in [3.8, 4) is 0 Å². The first-order valence-electron chi connectivity index (χ1n) is 4.80. The van der Waals surface area contributed by atoms with Crippen LogP contribution in [0, 0.1) is 0 Å². The first-order valence-corrected chi connectivity index (χ1v) is 5.17. The second-order valence-electron chi connectivity index (χ2n) is 3.42. The largest absolute Gasteiger partial charge is 0.468 e. The Morgan fingerprint density at radius 3 is 2.67 bits per heavy atom. The van der Waals surface area contributed by atoms with Gasteiger partial charge in [0.1, 0.15) is 5.76 Å². The smallest absolute Gasteiger partial charge is 0.120 e. The van der Waals surface area contributed by atoms with Crippen LogP contribution >= 0.6 is 11.6 Å². The molecule has 0 saturated carbocycles. The zero-order valence-electron chi connectivity index (χ0n) is 8.19. The number of halogens is 1. The lowest BCUT2D eigenvalue weighted by atomic mass is 10.0. The highest BCUT2D eigenvalue weighted by molar-refractivity contribution is 6.31. The molecule has 0 radical (unpaired) electrons. The summed E-state index contributed by atoms with van der Waals surface area (Å²) in [6.45, 7) is 0. The Hall–Kier alpha value is -1.25. The van der Waals surface area contributed by atoms with Crippen LogP contribution in [0.25, 0.3) is 0 Å². The van der Waals surface area contributed by atoms with Gasteiger partial charge in [-0.3, -0.25) is 0 Å². The van der Waals surface area contributed by atoms with Gasteiger partial charge in [0.25, 0.3) is 0 Å². The summed E-state index contributed by atoms with van der Waals surface area (Å²) >= 11 is 6.04. The molecule has 78 valence electrons. The molecule has 1 atom stereocenters. The van der Waals surface area contributed by atoms with Crippen LogP contribution < -0.4 is 5.73 Å². The van der Waals surface area contributed by atoms with Crippen molar-refractivity contribution in [2.24, 2.45) is 5.73 Å². The lowest BCUT2D eigenvalue weighted by Gasteiger charge is -2.09. The number of hydrogen-bond donors (Lipinski definition) is 1. The van der Waals surface area contributed by atoms with Crippen molar-refractivity contribution in [3.05, 3.63) is 59.0 Å². The maximum atomic E-state index is 6.04. The van der Waals surface area contributed by atoms with E-state index in [-0.39, 0.29) is 6.04 Å². The zero-order chi connectivity index (χ0) is 10.7. The molecule has 0 spiro atoms. The molecule has 3 heteroatoms. The molecule has 15 heavy (non-hydrogen) atoms. The quantitative estimate of drug-likeness (QED) is 0.865. The SMILES string of the molecule is NC(Cc1ccccc1Cl)c1ccco1. The average Bonchev–Trinajstić information content (AvgIpc) is 2.74. The van der Waals surface area contributed by atoms with E-state index in [1.807, 2.05) is 36.4 Å². The van der Waals surface area contributed by atoms with Crippen LogP contribution in [-0.2, 0) is 6.42 Å². The standard InChI is InChI=1S/C12H12ClNO/c13-10-5-2-1-4-9(10)8-11(14)12-6-3-7-15-12/h1-7,11H,8,14H2. The average molecular weight is 222 g/mol. The minimum absolute atomic E-state index is 0.139. The minimum atomic E-state index is -0.139. The Balaban J connectivity index is 2.13. The molecule has 0 aliphatic rings. The predicted octanol–water partition coefficient (Wildman–Crippen LogP) is 3.18. The highest BCUT2D eigenvalue weighted by Gasteiger charge is 2.11. The van der Waals surface area contributed by atoms with Crippen molar-refractivity contribution >= 4 is 11.6 Å². The minimum Gasteiger partial charge on any atom is -0.468 e. The molecule has 0 fully saturated rings. The van der Waals surface area contributed by atoms with Gasteiger partial charge in [-0.2, -0.15) is 0 Å². The summed E-state index contributed by atoms with van der Waals surface area (Å²) in [7, 11) is 0. The Morgan fingerprint density at radius 1 is 1.20 bits per heavy atom. The molecule has 2 aromatic rings. The van der Waals surface area contributed by atoms with Crippen LogP contribution in [0.2, 0.25) is 5.02 Å². The highest BCUT2D eigenvalue weighted by atomic mass is 35.5. The molecule has 1 aromatic carbocycles. The van der Waals surface area contributed by atoms with E-state index >= 15 is 0 Å². The fourth-order valence-electron chi connectivity index (χ4n) is 1.50. The lowest BCUT2D eigenvalue weighted by Crippen LogP contribution is -2.12. The molecule has 0 saturated heterocycles. The van der Waals surface area contributed by atoms with Gasteiger partial charge < -0.3 is 10.2 Å². The molecule has 2 N–H and O–H groups in total. The molecular weight excluding hydrogens is 210 g/mol. The van der Waals surface area contributed by atoms with Crippen LogP contribution in [0.5, 0.6) is 0 Å². The van der Waals surface area contributed by atoms with Crippen LogP contribution in [0.15, 0.2) is 47.1 Å². The number of benzene rings is 1. The second kappa shape index (κ2) is 4.51. The topological polar surface area (TPSA) is 39.2 Å². The van der Waals surface area contributed by atoms with Crippen LogP contribution in [0.1, 0.15) is 17.4 Å². The van der Waals surface area contributed by atoms with Crippen LogP contribution in [0.3, 0.4) is 0 Å². The van der Waals surface area contributed by atoms with Crippen molar-refractivity contribution in [1.29, 1.82) is 0 Å². The summed E-state index contributed by atoms with van der Waals surface area (Å²) < 4.78 is 5.24. The van der Waals surface area contributed by atoms with Gasteiger partial charge in [0.15, 0.2) is 0 Å². The number of nitrogens with two attached hydrogens (primary N) is 1. The molecular formula is C12H12ClNO. The molecule has 0 amide bonds. The van der Waals surface area contributed by atoms with Crippen LogP contribution in [-0.4, -0.2) is 0 Å². The van der Waals surface area contributed by atoms with Crippen molar-refractivity contribution in [2.75, 3.05) is 0 Å². The van der Waals surface area contributed by atoms with E-state index in [9.17, 15) is 0 Å². The van der Waals surface area contributed by atoms with E-state index in [4.69, 9.17) is 21.8 Å². The summed E-state index contributed by atoms with van der Waals surface area (Å²) in [6.07, 6.45) is 2.31. The van der Waals surface area contributed by atoms with E-state index in [2.05, 4.69) is 0 Å². The normalized spacial score (nSPS) is 12.7. The third-order valence-corrected chi connectivity index (χ3v) is 2.68. The van der Waals surface area contributed by atoms with E-state index in [0.29, 0.717) is 6.42 Å². The summed E-state index contributed by atoms with van der Waals surface area (Å²) in [4.78, 5) is 0. The lowest BCUT2D eigenvalue weighted by molar-refractivity contribution is 0.464. The van der Waals surface area contributed by atoms with E-state index in [0.717, 1.165) is 16.3 Å². The van der Waals surface area contributed by atoms with E-state index in [1.54, 1.807) is 6.26 Å². The first kappa shape index (κ1) is 10.3. The van der Waals surface area contributed by atoms with Gasteiger partial charge in [0.05, 0.1) is 12.3 Å². The first-order chi connectivity index (χ1) is 7.27. The van der Waals surface area contributed by atoms with Gasteiger partial charge in [-0.05, 0) is 30.2 Å². The monoisotopic (exact) mass is 221 g/mol. The summed E-state index contributed by atoms with van der Waals surface area (Å²) in [5, 5.41) is 0.750. The van der Waals surface area contributed by atoms with Crippen molar-refractivity contribution in [2.45, 2.75) is 12.5 Å². The van der Waals surface area contributed by atoms with Crippen molar-refractivity contribution < 1.29 is 4.42 Å².